The fourth-order valence-corrected chi connectivity index (χ4v) is 2.16. The Morgan fingerprint density at radius 3 is 2.62 bits per heavy atom. The molecular weight excluding hydrogens is 330 g/mol. The van der Waals surface area contributed by atoms with Crippen molar-refractivity contribution in [2.24, 2.45) is 0 Å². The van der Waals surface area contributed by atoms with Gasteiger partial charge in [0.1, 0.15) is 5.75 Å². The third-order valence-corrected chi connectivity index (χ3v) is 3.35. The molecule has 0 radical (unpaired) electrons. The lowest BCUT2D eigenvalue weighted by Crippen LogP contribution is -2.30. The zero-order chi connectivity index (χ0) is 17.5. The van der Waals surface area contributed by atoms with Crippen molar-refractivity contribution in [3.8, 4) is 5.75 Å². The average Bonchev–Trinajstić information content (AvgIpc) is 2.55. The lowest BCUT2D eigenvalue weighted by atomic mass is 10.2. The molecule has 24 heavy (non-hydrogen) atoms. The van der Waals surface area contributed by atoms with Crippen molar-refractivity contribution in [3.05, 3.63) is 59.1 Å². The topological polar surface area (TPSA) is 64.6 Å². The molecule has 1 atom stereocenters. The summed E-state index contributed by atoms with van der Waals surface area (Å²) < 4.78 is 10.5. The Labute approximate surface area is 145 Å². The van der Waals surface area contributed by atoms with Crippen LogP contribution in [0.5, 0.6) is 5.75 Å². The normalized spacial score (nSPS) is 11.5. The van der Waals surface area contributed by atoms with Crippen LogP contribution in [0.2, 0.25) is 5.02 Å². The number of rotatable bonds is 6. The number of benzene rings is 2. The number of carbonyl (C=O) groups excluding carboxylic acids is 2. The molecule has 0 aromatic heterocycles. The van der Waals surface area contributed by atoms with Crippen LogP contribution in [0.25, 0.3) is 0 Å². The molecule has 2 aromatic carbocycles. The summed E-state index contributed by atoms with van der Waals surface area (Å²) in [6.07, 6.45) is -0.727. The van der Waals surface area contributed by atoms with E-state index in [9.17, 15) is 9.59 Å². The number of carbonyl (C=O) groups is 2. The summed E-state index contributed by atoms with van der Waals surface area (Å²) in [5.41, 5.74) is 0.866. The van der Waals surface area contributed by atoms with E-state index in [2.05, 4.69) is 5.32 Å². The summed E-state index contributed by atoms with van der Waals surface area (Å²) in [4.78, 5) is 23.9. The second-order valence-corrected chi connectivity index (χ2v) is 5.44. The quantitative estimate of drug-likeness (QED) is 0.804. The van der Waals surface area contributed by atoms with Crippen LogP contribution in [0, 0.1) is 0 Å². The van der Waals surface area contributed by atoms with Crippen molar-refractivity contribution in [2.45, 2.75) is 20.0 Å². The number of hydrogen-bond donors (Lipinski definition) is 1. The molecule has 0 aliphatic rings. The Balaban J connectivity index is 2.01. The van der Waals surface area contributed by atoms with Gasteiger partial charge in [-0.2, -0.15) is 0 Å². The van der Waals surface area contributed by atoms with E-state index in [1.165, 1.54) is 0 Å². The van der Waals surface area contributed by atoms with Crippen molar-refractivity contribution in [1.82, 2.24) is 0 Å². The van der Waals surface area contributed by atoms with Gasteiger partial charge >= 0.3 is 5.97 Å². The lowest BCUT2D eigenvalue weighted by Gasteiger charge is -2.15. The van der Waals surface area contributed by atoms with Gasteiger partial charge in [-0.1, -0.05) is 23.7 Å². The average molecular weight is 348 g/mol. The van der Waals surface area contributed by atoms with E-state index < -0.39 is 12.1 Å². The summed E-state index contributed by atoms with van der Waals surface area (Å²) in [5, 5.41) is 3.24. The highest BCUT2D eigenvalue weighted by Gasteiger charge is 2.16. The van der Waals surface area contributed by atoms with Crippen molar-refractivity contribution in [3.63, 3.8) is 0 Å². The highest BCUT2D eigenvalue weighted by Crippen LogP contribution is 2.19. The summed E-state index contributed by atoms with van der Waals surface area (Å²) in [6, 6.07) is 13.4. The van der Waals surface area contributed by atoms with Crippen LogP contribution in [0.15, 0.2) is 48.5 Å². The first-order valence-corrected chi connectivity index (χ1v) is 7.87. The van der Waals surface area contributed by atoms with E-state index >= 15 is 0 Å². The molecule has 1 amide bonds. The number of esters is 1. The molecule has 0 spiro atoms. The third-order valence-electron chi connectivity index (χ3n) is 3.12. The summed E-state index contributed by atoms with van der Waals surface area (Å²) in [6.45, 7) is 3.66. The molecule has 0 heterocycles. The Kier molecular flexibility index (Phi) is 6.21. The van der Waals surface area contributed by atoms with Crippen LogP contribution in [0.4, 0.5) is 5.69 Å². The van der Waals surface area contributed by atoms with Gasteiger partial charge in [0.25, 0.3) is 5.91 Å². The molecule has 0 bridgehead atoms. The Bertz CT molecular complexity index is 732. The third kappa shape index (κ3) is 4.99. The fraction of sp³-hybridized carbons (Fsp3) is 0.222. The van der Waals surface area contributed by atoms with Gasteiger partial charge in [-0.05, 0) is 50.2 Å². The predicted molar refractivity (Wildman–Crippen MR) is 92.6 cm³/mol. The smallest absolute Gasteiger partial charge is 0.338 e. The Morgan fingerprint density at radius 1 is 1.17 bits per heavy atom. The maximum Gasteiger partial charge on any atom is 0.338 e. The Hall–Kier alpha value is -2.53. The summed E-state index contributed by atoms with van der Waals surface area (Å²) in [7, 11) is 0. The molecule has 2 rings (SSSR count). The van der Waals surface area contributed by atoms with Crippen LogP contribution in [0.1, 0.15) is 24.2 Å². The van der Waals surface area contributed by atoms with Crippen LogP contribution in [0.3, 0.4) is 0 Å². The van der Waals surface area contributed by atoms with Crippen molar-refractivity contribution in [1.29, 1.82) is 0 Å². The maximum atomic E-state index is 12.2. The first-order valence-electron chi connectivity index (χ1n) is 7.50. The molecule has 0 fully saturated rings. The second kappa shape index (κ2) is 8.36. The van der Waals surface area contributed by atoms with Gasteiger partial charge in [0.05, 0.1) is 12.2 Å². The molecule has 6 heteroatoms. The first-order chi connectivity index (χ1) is 11.5. The van der Waals surface area contributed by atoms with Gasteiger partial charge in [-0.3, -0.25) is 4.79 Å². The van der Waals surface area contributed by atoms with Gasteiger partial charge in [0.2, 0.25) is 0 Å². The molecule has 0 saturated carbocycles. The van der Waals surface area contributed by atoms with Gasteiger partial charge in [-0.25, -0.2) is 4.79 Å². The SMILES string of the molecule is CCOC(=O)c1cccc(NC(=O)[C@H](C)Oc2cccc(Cl)c2)c1. The van der Waals surface area contributed by atoms with Crippen LogP contribution < -0.4 is 10.1 Å². The molecular formula is C18H18ClNO4. The number of halogens is 1. The molecule has 0 saturated heterocycles. The monoisotopic (exact) mass is 347 g/mol. The van der Waals surface area contributed by atoms with E-state index in [1.807, 2.05) is 0 Å². The summed E-state index contributed by atoms with van der Waals surface area (Å²) in [5.74, 6) is -0.266. The zero-order valence-electron chi connectivity index (χ0n) is 13.4. The standard InChI is InChI=1S/C18H18ClNO4/c1-3-23-18(22)13-6-4-8-15(10-13)20-17(21)12(2)24-16-9-5-7-14(19)11-16/h4-12H,3H2,1-2H3,(H,20,21)/t12-/m0/s1. The number of ether oxygens (including phenoxy) is 2. The predicted octanol–water partition coefficient (Wildman–Crippen LogP) is 3.92. The minimum Gasteiger partial charge on any atom is -0.481 e. The minimum absolute atomic E-state index is 0.292. The van der Waals surface area contributed by atoms with Gasteiger partial charge in [-0.15, -0.1) is 0 Å². The lowest BCUT2D eigenvalue weighted by molar-refractivity contribution is -0.122. The highest BCUT2D eigenvalue weighted by molar-refractivity contribution is 6.30. The summed E-state index contributed by atoms with van der Waals surface area (Å²) >= 11 is 5.89. The number of hydrogen-bond acceptors (Lipinski definition) is 4. The zero-order valence-corrected chi connectivity index (χ0v) is 14.2. The van der Waals surface area contributed by atoms with E-state index in [4.69, 9.17) is 21.1 Å². The van der Waals surface area contributed by atoms with E-state index in [-0.39, 0.29) is 5.91 Å². The number of nitrogens with one attached hydrogen (secondary N) is 1. The van der Waals surface area contributed by atoms with Crippen molar-refractivity contribution < 1.29 is 19.1 Å². The van der Waals surface area contributed by atoms with Crippen molar-refractivity contribution >= 4 is 29.2 Å². The van der Waals surface area contributed by atoms with Crippen LogP contribution >= 0.6 is 11.6 Å². The van der Waals surface area contributed by atoms with Gasteiger partial charge in [0.15, 0.2) is 6.10 Å². The van der Waals surface area contributed by atoms with E-state index in [1.54, 1.807) is 62.4 Å². The molecule has 1 N–H and O–H groups in total. The highest BCUT2D eigenvalue weighted by atomic mass is 35.5. The largest absolute Gasteiger partial charge is 0.481 e. The van der Waals surface area contributed by atoms with Crippen LogP contribution in [-0.4, -0.2) is 24.6 Å². The van der Waals surface area contributed by atoms with Gasteiger partial charge < -0.3 is 14.8 Å². The molecule has 0 aliphatic carbocycles. The molecule has 5 nitrogen and oxygen atoms in total. The maximum absolute atomic E-state index is 12.2. The second-order valence-electron chi connectivity index (χ2n) is 5.01. The molecule has 2 aromatic rings. The minimum atomic E-state index is -0.727. The molecule has 126 valence electrons. The van der Waals surface area contributed by atoms with Crippen molar-refractivity contribution in [2.75, 3.05) is 11.9 Å². The van der Waals surface area contributed by atoms with Crippen LogP contribution in [-0.2, 0) is 9.53 Å². The van der Waals surface area contributed by atoms with Gasteiger partial charge in [0, 0.05) is 10.7 Å². The number of amides is 1. The number of anilines is 1. The fourth-order valence-electron chi connectivity index (χ4n) is 1.98. The van der Waals surface area contributed by atoms with E-state index in [0.717, 1.165) is 0 Å². The molecule has 0 aliphatic heterocycles. The first kappa shape index (κ1) is 17.8. The van der Waals surface area contributed by atoms with E-state index in [0.29, 0.717) is 28.6 Å². The Morgan fingerprint density at radius 2 is 1.92 bits per heavy atom. The molecule has 0 unspecified atom stereocenters.